The largest absolute Gasteiger partial charge is 0.354 e. The van der Waals surface area contributed by atoms with Crippen molar-refractivity contribution < 1.29 is 0 Å². The molecule has 0 fully saturated rings. The molecule has 0 saturated carbocycles. The van der Waals surface area contributed by atoms with Crippen LogP contribution in [-0.2, 0) is 6.42 Å². The number of nitrogens with one attached hydrogen (secondary N) is 1. The van der Waals surface area contributed by atoms with Crippen LogP contribution in [0, 0.1) is 3.70 Å². The molecule has 0 aliphatic heterocycles. The number of aromatic amines is 1. The molecule has 0 aliphatic carbocycles. The Balaban J connectivity index is 2.84. The fraction of sp³-hybridized carbons (Fsp3) is 0.333. The van der Waals surface area contributed by atoms with Gasteiger partial charge < -0.3 is 4.98 Å². The maximum absolute atomic E-state index is 3.21. The standard InChI is InChI=1S/C6H8IN/c1-2-5-3-4-6(7)8-5/h3-4,8H,2H2,1H3. The molecule has 1 rings (SSSR count). The number of H-pyrrole nitrogens is 1. The number of hydrogen-bond donors (Lipinski definition) is 1. The van der Waals surface area contributed by atoms with Gasteiger partial charge in [-0.25, -0.2) is 0 Å². The Morgan fingerprint density at radius 3 is 2.62 bits per heavy atom. The summed E-state index contributed by atoms with van der Waals surface area (Å²) in [6, 6.07) is 4.20. The van der Waals surface area contributed by atoms with E-state index in [1.54, 1.807) is 0 Å². The average Bonchev–Trinajstić information content (AvgIpc) is 2.14. The Bertz CT molecular complexity index is 169. The van der Waals surface area contributed by atoms with E-state index < -0.39 is 0 Å². The second kappa shape index (κ2) is 2.53. The van der Waals surface area contributed by atoms with Gasteiger partial charge in [0.05, 0.1) is 3.70 Å². The fourth-order valence-corrected chi connectivity index (χ4v) is 1.14. The SMILES string of the molecule is CCc1ccc(I)[nH]1. The molecular formula is C6H8IN. The summed E-state index contributed by atoms with van der Waals surface area (Å²) >= 11 is 2.27. The van der Waals surface area contributed by atoms with Gasteiger partial charge in [-0.1, -0.05) is 6.92 Å². The molecule has 0 bridgehead atoms. The summed E-state index contributed by atoms with van der Waals surface area (Å²) in [6.07, 6.45) is 1.10. The fourth-order valence-electron chi connectivity index (χ4n) is 0.617. The highest BCUT2D eigenvalue weighted by molar-refractivity contribution is 14.1. The van der Waals surface area contributed by atoms with Crippen LogP contribution in [0.2, 0.25) is 0 Å². The minimum atomic E-state index is 1.10. The van der Waals surface area contributed by atoms with E-state index in [1.165, 1.54) is 9.39 Å². The summed E-state index contributed by atoms with van der Waals surface area (Å²) in [5.74, 6) is 0. The molecule has 0 unspecified atom stereocenters. The van der Waals surface area contributed by atoms with Gasteiger partial charge in [-0.3, -0.25) is 0 Å². The van der Waals surface area contributed by atoms with Gasteiger partial charge in [0.1, 0.15) is 0 Å². The number of rotatable bonds is 1. The van der Waals surface area contributed by atoms with Crippen molar-refractivity contribution in [1.82, 2.24) is 4.98 Å². The third-order valence-corrected chi connectivity index (χ3v) is 1.72. The Kier molecular flexibility index (Phi) is 1.94. The molecule has 0 aromatic carbocycles. The quantitative estimate of drug-likeness (QED) is 0.699. The Labute approximate surface area is 62.6 Å². The summed E-state index contributed by atoms with van der Waals surface area (Å²) < 4.78 is 1.22. The molecule has 0 spiro atoms. The molecule has 0 saturated heterocycles. The zero-order valence-electron chi connectivity index (χ0n) is 4.74. The number of halogens is 1. The van der Waals surface area contributed by atoms with Gasteiger partial charge in [0.15, 0.2) is 0 Å². The first-order valence-electron chi connectivity index (χ1n) is 2.66. The molecule has 1 aromatic heterocycles. The van der Waals surface area contributed by atoms with E-state index >= 15 is 0 Å². The van der Waals surface area contributed by atoms with Crippen LogP contribution < -0.4 is 0 Å². The Morgan fingerprint density at radius 2 is 2.38 bits per heavy atom. The molecule has 44 valence electrons. The van der Waals surface area contributed by atoms with Crippen molar-refractivity contribution >= 4 is 22.6 Å². The van der Waals surface area contributed by atoms with Gasteiger partial charge in [-0.15, -0.1) is 0 Å². The summed E-state index contributed by atoms with van der Waals surface area (Å²) in [4.78, 5) is 3.21. The lowest BCUT2D eigenvalue weighted by atomic mass is 10.4. The zero-order valence-corrected chi connectivity index (χ0v) is 6.90. The number of hydrogen-bond acceptors (Lipinski definition) is 0. The van der Waals surface area contributed by atoms with E-state index in [1.807, 2.05) is 0 Å². The third-order valence-electron chi connectivity index (χ3n) is 1.09. The summed E-state index contributed by atoms with van der Waals surface area (Å²) in [7, 11) is 0. The van der Waals surface area contributed by atoms with Crippen molar-refractivity contribution in [2.45, 2.75) is 13.3 Å². The van der Waals surface area contributed by atoms with Gasteiger partial charge in [0.25, 0.3) is 0 Å². The average molecular weight is 221 g/mol. The van der Waals surface area contributed by atoms with E-state index in [0.717, 1.165) is 6.42 Å². The summed E-state index contributed by atoms with van der Waals surface area (Å²) in [5.41, 5.74) is 1.31. The van der Waals surface area contributed by atoms with E-state index in [0.29, 0.717) is 0 Å². The van der Waals surface area contributed by atoms with Gasteiger partial charge in [-0.05, 0) is 41.1 Å². The monoisotopic (exact) mass is 221 g/mol. The molecule has 0 amide bonds. The molecule has 1 heterocycles. The molecular weight excluding hydrogens is 213 g/mol. The summed E-state index contributed by atoms with van der Waals surface area (Å²) in [5, 5.41) is 0. The van der Waals surface area contributed by atoms with Gasteiger partial charge in [-0.2, -0.15) is 0 Å². The second-order valence-corrected chi connectivity index (χ2v) is 2.85. The molecule has 1 N–H and O–H groups in total. The van der Waals surface area contributed by atoms with Crippen molar-refractivity contribution in [3.63, 3.8) is 0 Å². The Morgan fingerprint density at radius 1 is 1.62 bits per heavy atom. The smallest absolute Gasteiger partial charge is 0.0774 e. The van der Waals surface area contributed by atoms with Crippen LogP contribution in [0.1, 0.15) is 12.6 Å². The first-order chi connectivity index (χ1) is 3.83. The van der Waals surface area contributed by atoms with Crippen molar-refractivity contribution in [2.24, 2.45) is 0 Å². The topological polar surface area (TPSA) is 15.8 Å². The lowest BCUT2D eigenvalue weighted by Gasteiger charge is -1.83. The highest BCUT2D eigenvalue weighted by Gasteiger charge is 1.88. The molecule has 8 heavy (non-hydrogen) atoms. The molecule has 0 atom stereocenters. The molecule has 0 radical (unpaired) electrons. The van der Waals surface area contributed by atoms with E-state index in [2.05, 4.69) is 46.6 Å². The normalized spacial score (nSPS) is 9.75. The minimum Gasteiger partial charge on any atom is -0.354 e. The number of aromatic nitrogens is 1. The van der Waals surface area contributed by atoms with Crippen molar-refractivity contribution in [2.75, 3.05) is 0 Å². The lowest BCUT2D eigenvalue weighted by Crippen LogP contribution is -1.76. The van der Waals surface area contributed by atoms with Gasteiger partial charge >= 0.3 is 0 Å². The highest BCUT2D eigenvalue weighted by atomic mass is 127. The highest BCUT2D eigenvalue weighted by Crippen LogP contribution is 2.03. The first kappa shape index (κ1) is 6.13. The van der Waals surface area contributed by atoms with Crippen molar-refractivity contribution in [1.29, 1.82) is 0 Å². The molecule has 1 aromatic rings. The van der Waals surface area contributed by atoms with Crippen LogP contribution in [0.15, 0.2) is 12.1 Å². The van der Waals surface area contributed by atoms with Crippen LogP contribution in [0.4, 0.5) is 0 Å². The zero-order chi connectivity index (χ0) is 5.98. The van der Waals surface area contributed by atoms with Crippen molar-refractivity contribution in [3.8, 4) is 0 Å². The van der Waals surface area contributed by atoms with Crippen LogP contribution >= 0.6 is 22.6 Å². The third kappa shape index (κ3) is 1.24. The van der Waals surface area contributed by atoms with Crippen LogP contribution in [0.25, 0.3) is 0 Å². The minimum absolute atomic E-state index is 1.10. The molecule has 2 heteroatoms. The number of aryl methyl sites for hydroxylation is 1. The predicted octanol–water partition coefficient (Wildman–Crippen LogP) is 2.18. The van der Waals surface area contributed by atoms with Crippen molar-refractivity contribution in [3.05, 3.63) is 21.5 Å². The lowest BCUT2D eigenvalue weighted by molar-refractivity contribution is 1.05. The maximum atomic E-state index is 3.21. The predicted molar refractivity (Wildman–Crippen MR) is 42.9 cm³/mol. The van der Waals surface area contributed by atoms with Gasteiger partial charge in [0, 0.05) is 5.69 Å². The maximum Gasteiger partial charge on any atom is 0.0774 e. The van der Waals surface area contributed by atoms with Crippen LogP contribution in [-0.4, -0.2) is 4.98 Å². The molecule has 1 nitrogen and oxygen atoms in total. The second-order valence-electron chi connectivity index (χ2n) is 1.69. The van der Waals surface area contributed by atoms with E-state index in [4.69, 9.17) is 0 Å². The van der Waals surface area contributed by atoms with E-state index in [-0.39, 0.29) is 0 Å². The first-order valence-corrected chi connectivity index (χ1v) is 3.74. The van der Waals surface area contributed by atoms with Gasteiger partial charge in [0.2, 0.25) is 0 Å². The molecule has 0 aliphatic rings. The summed E-state index contributed by atoms with van der Waals surface area (Å²) in [6.45, 7) is 2.14. The van der Waals surface area contributed by atoms with Crippen LogP contribution in [0.5, 0.6) is 0 Å². The van der Waals surface area contributed by atoms with Crippen LogP contribution in [0.3, 0.4) is 0 Å². The Hall–Kier alpha value is 0.01000. The van der Waals surface area contributed by atoms with E-state index in [9.17, 15) is 0 Å².